The lowest BCUT2D eigenvalue weighted by molar-refractivity contribution is -0.149. The summed E-state index contributed by atoms with van der Waals surface area (Å²) in [7, 11) is 8.08. The number of likely N-dealkylation sites (N-methyl/N-ethyl adjacent to an activating group) is 2. The third-order valence-electron chi connectivity index (χ3n) is 12.9. The molecule has 0 radical (unpaired) electrons. The summed E-state index contributed by atoms with van der Waals surface area (Å²) >= 11 is 0. The second kappa shape index (κ2) is 22.0. The molecule has 10 atom stereocenters. The highest BCUT2D eigenvalue weighted by atomic mass is 16.5. The Hall–Kier alpha value is -3.75. The van der Waals surface area contributed by atoms with E-state index in [1.165, 1.54) is 14.2 Å². The first-order valence-electron chi connectivity index (χ1n) is 21.2. The smallest absolute Gasteiger partial charge is 0.328 e. The molecule has 328 valence electrons. The van der Waals surface area contributed by atoms with Crippen LogP contribution in [0, 0.1) is 23.7 Å². The Morgan fingerprint density at radius 2 is 1.66 bits per heavy atom. The Bertz CT molecular complexity index is 1530. The predicted octanol–water partition coefficient (Wildman–Crippen LogP) is 4.04. The number of likely N-dealkylation sites (tertiary alicyclic amines) is 2. The van der Waals surface area contributed by atoms with Gasteiger partial charge in [0.2, 0.25) is 23.6 Å². The SMILES string of the molecule is CCCC1CN(C)[C@@](C)(C(=O)N[C@H](C(=O)N(C)[C@H](C(CC(=O)N2CCC[C@H]2[C@H](OC)[C@@H](C)C(=O)N[C@@H](Cc2ccc(N)cc2)C(=O)OC)OC)[C@@H](C)CC)C(C)C)C1. The van der Waals surface area contributed by atoms with E-state index < -0.39 is 59.7 Å². The number of benzene rings is 1. The molecule has 3 rings (SSSR count). The van der Waals surface area contributed by atoms with Crippen molar-refractivity contribution in [3.63, 3.8) is 0 Å². The van der Waals surface area contributed by atoms with Crippen LogP contribution in [0.5, 0.6) is 0 Å². The lowest BCUT2D eigenvalue weighted by atomic mass is 9.88. The molecule has 14 heteroatoms. The maximum Gasteiger partial charge on any atom is 0.328 e. The minimum atomic E-state index is -0.934. The molecule has 2 heterocycles. The molecule has 2 aliphatic heterocycles. The predicted molar refractivity (Wildman–Crippen MR) is 225 cm³/mol. The number of ether oxygens (including phenoxy) is 3. The van der Waals surface area contributed by atoms with E-state index in [0.717, 1.165) is 44.2 Å². The van der Waals surface area contributed by atoms with Gasteiger partial charge >= 0.3 is 5.97 Å². The summed E-state index contributed by atoms with van der Waals surface area (Å²) in [6.07, 6.45) is 3.84. The topological polar surface area (TPSA) is 173 Å². The number of nitrogen functional groups attached to an aromatic ring is 1. The first-order chi connectivity index (χ1) is 27.4. The van der Waals surface area contributed by atoms with Crippen LogP contribution >= 0.6 is 0 Å². The van der Waals surface area contributed by atoms with Crippen LogP contribution in [0.4, 0.5) is 5.69 Å². The number of carbonyl (C=O) groups excluding carboxylic acids is 5. The maximum absolute atomic E-state index is 14.4. The van der Waals surface area contributed by atoms with Crippen molar-refractivity contribution in [1.82, 2.24) is 25.3 Å². The van der Waals surface area contributed by atoms with Gasteiger partial charge in [-0.05, 0) is 75.1 Å². The van der Waals surface area contributed by atoms with Gasteiger partial charge in [-0.3, -0.25) is 24.1 Å². The number of nitrogens with zero attached hydrogens (tertiary/aromatic N) is 3. The molecule has 2 saturated heterocycles. The zero-order chi connectivity index (χ0) is 43.5. The molecule has 1 aromatic rings. The normalized spacial score (nSPS) is 23.4. The Balaban J connectivity index is 1.78. The Kier molecular flexibility index (Phi) is 18.5. The quantitative estimate of drug-likeness (QED) is 0.122. The maximum atomic E-state index is 14.4. The highest BCUT2D eigenvalue weighted by molar-refractivity contribution is 5.92. The molecule has 4 N–H and O–H groups in total. The highest BCUT2D eigenvalue weighted by Crippen LogP contribution is 2.35. The molecule has 14 nitrogen and oxygen atoms in total. The number of esters is 1. The van der Waals surface area contributed by atoms with E-state index in [4.69, 9.17) is 19.9 Å². The van der Waals surface area contributed by atoms with Gasteiger partial charge in [0.1, 0.15) is 12.1 Å². The number of hydrogen-bond acceptors (Lipinski definition) is 10. The van der Waals surface area contributed by atoms with Gasteiger partial charge in [0.15, 0.2) is 0 Å². The third kappa shape index (κ3) is 11.7. The van der Waals surface area contributed by atoms with Crippen molar-refractivity contribution >= 4 is 35.3 Å². The van der Waals surface area contributed by atoms with Crippen LogP contribution in [-0.4, -0.2) is 135 Å². The van der Waals surface area contributed by atoms with E-state index in [1.807, 2.05) is 41.7 Å². The Morgan fingerprint density at radius 3 is 2.21 bits per heavy atom. The molecule has 58 heavy (non-hydrogen) atoms. The first-order valence-corrected chi connectivity index (χ1v) is 21.2. The molecule has 2 unspecified atom stereocenters. The molecule has 1 aromatic carbocycles. The largest absolute Gasteiger partial charge is 0.467 e. The van der Waals surface area contributed by atoms with Crippen molar-refractivity contribution in [2.45, 2.75) is 142 Å². The number of methoxy groups -OCH3 is 3. The van der Waals surface area contributed by atoms with Crippen LogP contribution in [0.1, 0.15) is 99.0 Å². The summed E-state index contributed by atoms with van der Waals surface area (Å²) < 4.78 is 17.0. The monoisotopic (exact) mass is 815 g/mol. The van der Waals surface area contributed by atoms with E-state index in [9.17, 15) is 24.0 Å². The fourth-order valence-electron chi connectivity index (χ4n) is 9.10. The lowest BCUT2D eigenvalue weighted by Crippen LogP contribution is -2.61. The number of nitrogens with one attached hydrogen (secondary N) is 2. The second-order valence-corrected chi connectivity index (χ2v) is 17.3. The standard InChI is InChI=1S/C44H74N6O8/c1-13-16-31-25-44(7,48(8)26-31)43(55)47-37(27(3)4)41(53)49(9)38(28(5)14-2)35(56-10)24-36(51)50-22-15-17-34(50)39(57-11)29(6)40(52)46-33(42(54)58-12)23-30-18-20-32(45)21-19-30/h18-21,27-29,31,33-35,37-39H,13-17,22-26,45H2,1-12H3,(H,46,52)(H,47,55)/t28-,29+,31?,33-,34-,35?,37-,38-,39+,44+/m0/s1. The van der Waals surface area contributed by atoms with Crippen LogP contribution in [0.25, 0.3) is 0 Å². The van der Waals surface area contributed by atoms with Gasteiger partial charge < -0.3 is 40.4 Å². The van der Waals surface area contributed by atoms with E-state index in [2.05, 4.69) is 22.5 Å². The first kappa shape index (κ1) is 48.6. The molecule has 0 spiro atoms. The summed E-state index contributed by atoms with van der Waals surface area (Å²) in [5.41, 5.74) is 6.51. The fourth-order valence-corrected chi connectivity index (χ4v) is 9.10. The lowest BCUT2D eigenvalue weighted by Gasteiger charge is -2.41. The molecule has 4 amide bonds. The summed E-state index contributed by atoms with van der Waals surface area (Å²) in [6.45, 7) is 15.1. The van der Waals surface area contributed by atoms with Gasteiger partial charge in [-0.25, -0.2) is 4.79 Å². The summed E-state index contributed by atoms with van der Waals surface area (Å²) in [4.78, 5) is 74.7. The van der Waals surface area contributed by atoms with Crippen molar-refractivity contribution in [3.8, 4) is 0 Å². The van der Waals surface area contributed by atoms with E-state index in [1.54, 1.807) is 55.1 Å². The molecule has 0 bridgehead atoms. The Morgan fingerprint density at radius 1 is 1.00 bits per heavy atom. The molecular weight excluding hydrogens is 741 g/mol. The van der Waals surface area contributed by atoms with Gasteiger partial charge in [-0.2, -0.15) is 0 Å². The summed E-state index contributed by atoms with van der Waals surface area (Å²) in [6, 6.07) is 4.49. The van der Waals surface area contributed by atoms with Gasteiger partial charge in [0.25, 0.3) is 0 Å². The number of hydrogen-bond donors (Lipinski definition) is 3. The van der Waals surface area contributed by atoms with Gasteiger partial charge in [-0.15, -0.1) is 0 Å². The van der Waals surface area contributed by atoms with Crippen LogP contribution < -0.4 is 16.4 Å². The third-order valence-corrected chi connectivity index (χ3v) is 12.9. The van der Waals surface area contributed by atoms with Crippen LogP contribution in [-0.2, 0) is 44.6 Å². The Labute approximate surface area is 347 Å². The van der Waals surface area contributed by atoms with Crippen LogP contribution in [0.15, 0.2) is 24.3 Å². The zero-order valence-electron chi connectivity index (χ0n) is 37.3. The highest BCUT2D eigenvalue weighted by Gasteiger charge is 2.48. The fraction of sp³-hybridized carbons (Fsp3) is 0.750. The minimum Gasteiger partial charge on any atom is -0.467 e. The number of carbonyl (C=O) groups is 5. The number of amides is 4. The van der Waals surface area contributed by atoms with E-state index in [-0.39, 0.29) is 42.4 Å². The number of anilines is 1. The van der Waals surface area contributed by atoms with Gasteiger partial charge in [-0.1, -0.05) is 66.5 Å². The van der Waals surface area contributed by atoms with Crippen molar-refractivity contribution < 1.29 is 38.2 Å². The summed E-state index contributed by atoms with van der Waals surface area (Å²) in [5.74, 6) is -2.02. The minimum absolute atomic E-state index is 0.00301. The van der Waals surface area contributed by atoms with Gasteiger partial charge in [0.05, 0.1) is 49.3 Å². The molecule has 0 saturated carbocycles. The van der Waals surface area contributed by atoms with E-state index in [0.29, 0.717) is 24.6 Å². The van der Waals surface area contributed by atoms with Crippen molar-refractivity contribution in [3.05, 3.63) is 29.8 Å². The van der Waals surface area contributed by atoms with E-state index >= 15 is 0 Å². The van der Waals surface area contributed by atoms with Gasteiger partial charge in [0, 0.05) is 46.5 Å². The molecular formula is C44H74N6O8. The molecule has 0 aliphatic carbocycles. The van der Waals surface area contributed by atoms with Crippen molar-refractivity contribution in [2.75, 3.05) is 54.2 Å². The van der Waals surface area contributed by atoms with Crippen molar-refractivity contribution in [1.29, 1.82) is 0 Å². The number of rotatable bonds is 21. The molecule has 0 aromatic heterocycles. The van der Waals surface area contributed by atoms with Crippen LogP contribution in [0.3, 0.4) is 0 Å². The van der Waals surface area contributed by atoms with Crippen LogP contribution in [0.2, 0.25) is 0 Å². The zero-order valence-corrected chi connectivity index (χ0v) is 37.3. The average molecular weight is 815 g/mol. The average Bonchev–Trinajstić information content (AvgIpc) is 3.80. The summed E-state index contributed by atoms with van der Waals surface area (Å²) in [5, 5.41) is 5.99. The molecule has 2 aliphatic rings. The second-order valence-electron chi connectivity index (χ2n) is 17.3. The van der Waals surface area contributed by atoms with Crippen molar-refractivity contribution in [2.24, 2.45) is 23.7 Å². The molecule has 2 fully saturated rings. The number of nitrogens with two attached hydrogens (primary N) is 1.